The number of likely N-dealkylation sites (tertiary alicyclic amines) is 1. The SMILES string of the molecule is CC(C)CN1CC[C@@H](CNC(=O)c2ccc3cccnc3n2)C1. The summed E-state index contributed by atoms with van der Waals surface area (Å²) >= 11 is 0. The van der Waals surface area contributed by atoms with Crippen LogP contribution in [0.4, 0.5) is 0 Å². The van der Waals surface area contributed by atoms with E-state index in [9.17, 15) is 4.79 Å². The van der Waals surface area contributed by atoms with Crippen LogP contribution in [0, 0.1) is 11.8 Å². The molecule has 1 saturated heterocycles. The molecule has 1 amide bonds. The molecule has 122 valence electrons. The van der Waals surface area contributed by atoms with Crippen LogP contribution in [0.2, 0.25) is 0 Å². The van der Waals surface area contributed by atoms with Crippen LogP contribution < -0.4 is 5.32 Å². The van der Waals surface area contributed by atoms with Crippen molar-refractivity contribution in [3.8, 4) is 0 Å². The molecular formula is C18H24N4O. The van der Waals surface area contributed by atoms with E-state index in [1.54, 1.807) is 12.3 Å². The van der Waals surface area contributed by atoms with Gasteiger partial charge in [-0.1, -0.05) is 13.8 Å². The highest BCUT2D eigenvalue weighted by atomic mass is 16.1. The second-order valence-electron chi connectivity index (χ2n) is 6.76. The first kappa shape index (κ1) is 15.9. The molecule has 0 spiro atoms. The van der Waals surface area contributed by atoms with Gasteiger partial charge in [-0.15, -0.1) is 0 Å². The van der Waals surface area contributed by atoms with Gasteiger partial charge >= 0.3 is 0 Å². The zero-order valence-corrected chi connectivity index (χ0v) is 13.8. The molecule has 2 aromatic rings. The average Bonchev–Trinajstić information content (AvgIpc) is 2.98. The lowest BCUT2D eigenvalue weighted by atomic mass is 10.1. The Bertz CT molecular complexity index is 686. The van der Waals surface area contributed by atoms with E-state index in [4.69, 9.17) is 0 Å². The summed E-state index contributed by atoms with van der Waals surface area (Å²) in [5.74, 6) is 1.12. The summed E-state index contributed by atoms with van der Waals surface area (Å²) < 4.78 is 0. The fourth-order valence-corrected chi connectivity index (χ4v) is 3.17. The molecule has 5 heteroatoms. The van der Waals surface area contributed by atoms with Gasteiger partial charge in [0.15, 0.2) is 5.65 Å². The van der Waals surface area contributed by atoms with E-state index in [0.717, 1.165) is 38.0 Å². The first-order valence-electron chi connectivity index (χ1n) is 8.34. The van der Waals surface area contributed by atoms with Gasteiger partial charge in [-0.3, -0.25) is 4.79 Å². The number of rotatable bonds is 5. The van der Waals surface area contributed by atoms with Crippen molar-refractivity contribution in [2.75, 3.05) is 26.2 Å². The van der Waals surface area contributed by atoms with Crippen LogP contribution in [0.15, 0.2) is 30.5 Å². The summed E-state index contributed by atoms with van der Waals surface area (Å²) in [5.41, 5.74) is 1.05. The molecule has 3 heterocycles. The Labute approximate surface area is 137 Å². The summed E-state index contributed by atoms with van der Waals surface area (Å²) in [5, 5.41) is 3.97. The Morgan fingerprint density at radius 2 is 2.26 bits per heavy atom. The number of carbonyl (C=O) groups excluding carboxylic acids is 1. The monoisotopic (exact) mass is 312 g/mol. The third-order valence-corrected chi connectivity index (χ3v) is 4.24. The summed E-state index contributed by atoms with van der Waals surface area (Å²) in [6.45, 7) is 8.56. The summed E-state index contributed by atoms with van der Waals surface area (Å²) in [4.78, 5) is 23.3. The predicted molar refractivity (Wildman–Crippen MR) is 91.3 cm³/mol. The van der Waals surface area contributed by atoms with Crippen molar-refractivity contribution in [2.45, 2.75) is 20.3 Å². The summed E-state index contributed by atoms with van der Waals surface area (Å²) in [7, 11) is 0. The van der Waals surface area contributed by atoms with Gasteiger partial charge in [0.2, 0.25) is 0 Å². The molecule has 0 radical (unpaired) electrons. The average molecular weight is 312 g/mol. The Balaban J connectivity index is 1.55. The van der Waals surface area contributed by atoms with Gasteiger partial charge in [0.25, 0.3) is 5.91 Å². The minimum atomic E-state index is -0.111. The molecule has 1 atom stereocenters. The Kier molecular flexibility index (Phi) is 4.86. The highest BCUT2D eigenvalue weighted by Crippen LogP contribution is 2.17. The zero-order chi connectivity index (χ0) is 16.2. The first-order chi connectivity index (χ1) is 11.1. The highest BCUT2D eigenvalue weighted by Gasteiger charge is 2.23. The van der Waals surface area contributed by atoms with Crippen LogP contribution in [0.25, 0.3) is 11.0 Å². The zero-order valence-electron chi connectivity index (χ0n) is 13.8. The highest BCUT2D eigenvalue weighted by molar-refractivity contribution is 5.94. The van der Waals surface area contributed by atoms with Crippen LogP contribution in [0.3, 0.4) is 0 Å². The van der Waals surface area contributed by atoms with Gasteiger partial charge in [-0.2, -0.15) is 0 Å². The first-order valence-corrected chi connectivity index (χ1v) is 8.34. The molecule has 1 fully saturated rings. The van der Waals surface area contributed by atoms with Crippen molar-refractivity contribution in [1.29, 1.82) is 0 Å². The minimum Gasteiger partial charge on any atom is -0.350 e. The van der Waals surface area contributed by atoms with E-state index < -0.39 is 0 Å². The number of amides is 1. The minimum absolute atomic E-state index is 0.111. The topological polar surface area (TPSA) is 58.1 Å². The lowest BCUT2D eigenvalue weighted by molar-refractivity contribution is 0.0942. The van der Waals surface area contributed by atoms with E-state index in [1.165, 1.54) is 0 Å². The number of aromatic nitrogens is 2. The van der Waals surface area contributed by atoms with Crippen molar-refractivity contribution in [3.05, 3.63) is 36.2 Å². The normalized spacial score (nSPS) is 18.7. The van der Waals surface area contributed by atoms with Crippen molar-refractivity contribution >= 4 is 16.9 Å². The molecule has 5 nitrogen and oxygen atoms in total. The van der Waals surface area contributed by atoms with E-state index in [0.29, 0.717) is 23.2 Å². The molecule has 0 unspecified atom stereocenters. The number of pyridine rings is 2. The Morgan fingerprint density at radius 1 is 1.39 bits per heavy atom. The molecule has 0 saturated carbocycles. The lowest BCUT2D eigenvalue weighted by Gasteiger charge is -2.18. The third-order valence-electron chi connectivity index (χ3n) is 4.24. The molecular weight excluding hydrogens is 288 g/mol. The van der Waals surface area contributed by atoms with Gasteiger partial charge < -0.3 is 10.2 Å². The lowest BCUT2D eigenvalue weighted by Crippen LogP contribution is -2.32. The fourth-order valence-electron chi connectivity index (χ4n) is 3.17. The molecule has 1 N–H and O–H groups in total. The smallest absolute Gasteiger partial charge is 0.269 e. The maximum absolute atomic E-state index is 12.3. The second-order valence-corrected chi connectivity index (χ2v) is 6.76. The number of fused-ring (bicyclic) bond motifs is 1. The van der Waals surface area contributed by atoms with Gasteiger partial charge in [-0.25, -0.2) is 9.97 Å². The number of hydrogen-bond donors (Lipinski definition) is 1. The van der Waals surface area contributed by atoms with Crippen LogP contribution in [-0.4, -0.2) is 47.0 Å². The van der Waals surface area contributed by atoms with Crippen molar-refractivity contribution in [3.63, 3.8) is 0 Å². The Morgan fingerprint density at radius 3 is 3.09 bits per heavy atom. The predicted octanol–water partition coefficient (Wildman–Crippen LogP) is 2.34. The standard InChI is InChI=1S/C18H24N4O/c1-13(2)11-22-9-7-14(12-22)10-20-18(23)16-6-5-15-4-3-8-19-17(15)21-16/h3-6,8,13-14H,7,9-12H2,1-2H3,(H,20,23)/t14-/m0/s1. The largest absolute Gasteiger partial charge is 0.350 e. The van der Waals surface area contributed by atoms with E-state index in [2.05, 4.69) is 34.0 Å². The quantitative estimate of drug-likeness (QED) is 0.920. The second kappa shape index (κ2) is 7.04. The van der Waals surface area contributed by atoms with E-state index in [1.807, 2.05) is 18.2 Å². The third kappa shape index (κ3) is 4.05. The maximum Gasteiger partial charge on any atom is 0.269 e. The van der Waals surface area contributed by atoms with Gasteiger partial charge in [0, 0.05) is 31.2 Å². The molecule has 2 aromatic heterocycles. The van der Waals surface area contributed by atoms with Crippen molar-refractivity contribution in [2.24, 2.45) is 11.8 Å². The van der Waals surface area contributed by atoms with Gasteiger partial charge in [0.05, 0.1) is 0 Å². The molecule has 1 aliphatic rings. The van der Waals surface area contributed by atoms with Gasteiger partial charge in [0.1, 0.15) is 5.69 Å². The van der Waals surface area contributed by atoms with Crippen LogP contribution in [0.1, 0.15) is 30.8 Å². The molecule has 0 aromatic carbocycles. The molecule has 0 bridgehead atoms. The van der Waals surface area contributed by atoms with Crippen molar-refractivity contribution < 1.29 is 4.79 Å². The molecule has 23 heavy (non-hydrogen) atoms. The maximum atomic E-state index is 12.3. The molecule has 3 rings (SSSR count). The fraction of sp³-hybridized carbons (Fsp3) is 0.500. The summed E-state index contributed by atoms with van der Waals surface area (Å²) in [6, 6.07) is 7.47. The van der Waals surface area contributed by atoms with E-state index in [-0.39, 0.29) is 5.91 Å². The Hall–Kier alpha value is -2.01. The summed E-state index contributed by atoms with van der Waals surface area (Å²) in [6.07, 6.45) is 2.85. The molecule has 1 aliphatic heterocycles. The molecule has 0 aliphatic carbocycles. The number of hydrogen-bond acceptors (Lipinski definition) is 4. The number of carbonyl (C=O) groups is 1. The van der Waals surface area contributed by atoms with Gasteiger partial charge in [-0.05, 0) is 49.1 Å². The number of nitrogens with one attached hydrogen (secondary N) is 1. The van der Waals surface area contributed by atoms with E-state index >= 15 is 0 Å². The van der Waals surface area contributed by atoms with Crippen LogP contribution >= 0.6 is 0 Å². The number of nitrogens with zero attached hydrogens (tertiary/aromatic N) is 3. The van der Waals surface area contributed by atoms with Crippen LogP contribution in [0.5, 0.6) is 0 Å². The van der Waals surface area contributed by atoms with Crippen molar-refractivity contribution in [1.82, 2.24) is 20.2 Å². The van der Waals surface area contributed by atoms with Crippen LogP contribution in [-0.2, 0) is 0 Å².